The van der Waals surface area contributed by atoms with E-state index in [2.05, 4.69) is 5.32 Å². The summed E-state index contributed by atoms with van der Waals surface area (Å²) in [6.07, 6.45) is 0.408. The van der Waals surface area contributed by atoms with E-state index in [1.54, 1.807) is 6.07 Å². The summed E-state index contributed by atoms with van der Waals surface area (Å²) in [5.41, 5.74) is 0.251. The van der Waals surface area contributed by atoms with Gasteiger partial charge in [0.25, 0.3) is 6.43 Å². The molecule has 1 atom stereocenters. The van der Waals surface area contributed by atoms with Crippen molar-refractivity contribution in [3.8, 4) is 0 Å². The lowest BCUT2D eigenvalue weighted by molar-refractivity contribution is 0.146. The highest BCUT2D eigenvalue weighted by Crippen LogP contribution is 2.27. The summed E-state index contributed by atoms with van der Waals surface area (Å²) in [6.45, 7) is 0.906. The fourth-order valence-corrected chi connectivity index (χ4v) is 2.07. The van der Waals surface area contributed by atoms with Gasteiger partial charge in [-0.15, -0.1) is 0 Å². The summed E-state index contributed by atoms with van der Waals surface area (Å²) in [6, 6.07) is 4.11. The molecule has 0 amide bonds. The summed E-state index contributed by atoms with van der Waals surface area (Å²) in [5.74, 6) is -0.806. The Bertz CT molecular complexity index is 359. The van der Waals surface area contributed by atoms with Crippen molar-refractivity contribution in [1.82, 2.24) is 5.32 Å². The van der Waals surface area contributed by atoms with E-state index in [0.29, 0.717) is 0 Å². The average molecular weight is 229 g/mol. The van der Waals surface area contributed by atoms with Gasteiger partial charge in [-0.1, -0.05) is 18.6 Å². The van der Waals surface area contributed by atoms with Crippen LogP contribution >= 0.6 is 0 Å². The number of alkyl halides is 2. The monoisotopic (exact) mass is 229 g/mol. The van der Waals surface area contributed by atoms with Gasteiger partial charge >= 0.3 is 0 Å². The second-order valence-electron chi connectivity index (χ2n) is 4.08. The van der Waals surface area contributed by atoms with E-state index < -0.39 is 17.8 Å². The molecule has 1 N–H and O–H groups in total. The molecule has 1 saturated heterocycles. The topological polar surface area (TPSA) is 12.0 Å². The standard InChI is InChI=1S/C12H14F3N/c13-10-7-8(4-5-9(10)12(14)15)11-3-1-2-6-16-11/h4-5,7,11-12,16H,1-3,6H2. The molecule has 0 saturated carbocycles. The molecule has 0 bridgehead atoms. The molecule has 1 aromatic rings. The molecule has 1 fully saturated rings. The number of halogens is 3. The average Bonchev–Trinajstić information content (AvgIpc) is 2.29. The second-order valence-corrected chi connectivity index (χ2v) is 4.08. The van der Waals surface area contributed by atoms with Crippen molar-refractivity contribution in [3.63, 3.8) is 0 Å². The Morgan fingerprint density at radius 3 is 2.62 bits per heavy atom. The fourth-order valence-electron chi connectivity index (χ4n) is 2.07. The molecule has 88 valence electrons. The van der Waals surface area contributed by atoms with Crippen LogP contribution in [0.2, 0.25) is 0 Å². The zero-order valence-electron chi connectivity index (χ0n) is 8.85. The summed E-state index contributed by atoms with van der Waals surface area (Å²) in [4.78, 5) is 0. The third-order valence-corrected chi connectivity index (χ3v) is 2.97. The largest absolute Gasteiger partial charge is 0.310 e. The van der Waals surface area contributed by atoms with Crippen molar-refractivity contribution in [2.75, 3.05) is 6.54 Å². The normalized spacial score (nSPS) is 21.4. The van der Waals surface area contributed by atoms with Crippen LogP contribution in [-0.4, -0.2) is 6.54 Å². The summed E-state index contributed by atoms with van der Waals surface area (Å²) >= 11 is 0. The number of rotatable bonds is 2. The molecular formula is C12H14F3N. The number of benzene rings is 1. The number of hydrogen-bond acceptors (Lipinski definition) is 1. The van der Waals surface area contributed by atoms with Crippen molar-refractivity contribution in [3.05, 3.63) is 35.1 Å². The smallest absolute Gasteiger partial charge is 0.266 e. The molecule has 1 aliphatic rings. The van der Waals surface area contributed by atoms with E-state index in [0.717, 1.165) is 31.4 Å². The van der Waals surface area contributed by atoms with E-state index in [9.17, 15) is 13.2 Å². The third kappa shape index (κ3) is 2.38. The van der Waals surface area contributed by atoms with E-state index in [1.165, 1.54) is 12.1 Å². The van der Waals surface area contributed by atoms with Crippen molar-refractivity contribution in [1.29, 1.82) is 0 Å². The molecular weight excluding hydrogens is 215 g/mol. The van der Waals surface area contributed by atoms with Crippen molar-refractivity contribution in [2.24, 2.45) is 0 Å². The SMILES string of the molecule is Fc1cc(C2CCCCN2)ccc1C(F)F. The number of hydrogen-bond donors (Lipinski definition) is 1. The zero-order chi connectivity index (χ0) is 11.5. The van der Waals surface area contributed by atoms with Gasteiger partial charge in [0.05, 0.1) is 5.56 Å². The molecule has 1 aliphatic heterocycles. The van der Waals surface area contributed by atoms with E-state index in [-0.39, 0.29) is 6.04 Å². The fraction of sp³-hybridized carbons (Fsp3) is 0.500. The van der Waals surface area contributed by atoms with Gasteiger partial charge in [0.15, 0.2) is 0 Å². The molecule has 4 heteroatoms. The Hall–Kier alpha value is -1.03. The molecule has 0 aromatic heterocycles. The maximum absolute atomic E-state index is 13.3. The summed E-state index contributed by atoms with van der Waals surface area (Å²) in [7, 11) is 0. The van der Waals surface area contributed by atoms with Gasteiger partial charge in [-0.3, -0.25) is 0 Å². The Labute approximate surface area is 92.7 Å². The number of piperidine rings is 1. The Kier molecular flexibility index (Phi) is 3.49. The molecule has 16 heavy (non-hydrogen) atoms. The minimum Gasteiger partial charge on any atom is -0.310 e. The first-order valence-electron chi connectivity index (χ1n) is 5.49. The van der Waals surface area contributed by atoms with Crippen molar-refractivity contribution in [2.45, 2.75) is 31.7 Å². The molecule has 1 aromatic carbocycles. The lowest BCUT2D eigenvalue weighted by atomic mass is 9.96. The van der Waals surface area contributed by atoms with Crippen LogP contribution in [0.15, 0.2) is 18.2 Å². The third-order valence-electron chi connectivity index (χ3n) is 2.97. The predicted octanol–water partition coefficient (Wildman–Crippen LogP) is 3.58. The Morgan fingerprint density at radius 2 is 2.06 bits per heavy atom. The van der Waals surface area contributed by atoms with Crippen LogP contribution in [0.1, 0.15) is 42.9 Å². The highest BCUT2D eigenvalue weighted by molar-refractivity contribution is 5.27. The molecule has 1 unspecified atom stereocenters. The van der Waals surface area contributed by atoms with Gasteiger partial charge < -0.3 is 5.32 Å². The first kappa shape index (κ1) is 11.5. The molecule has 2 rings (SSSR count). The highest BCUT2D eigenvalue weighted by atomic mass is 19.3. The molecule has 1 nitrogen and oxygen atoms in total. The maximum atomic E-state index is 13.3. The summed E-state index contributed by atoms with van der Waals surface area (Å²) < 4.78 is 38.0. The Balaban J connectivity index is 2.19. The lowest BCUT2D eigenvalue weighted by Gasteiger charge is -2.24. The molecule has 0 spiro atoms. The van der Waals surface area contributed by atoms with Crippen LogP contribution in [0.3, 0.4) is 0 Å². The molecule has 0 aliphatic carbocycles. The predicted molar refractivity (Wildman–Crippen MR) is 56.0 cm³/mol. The van der Waals surface area contributed by atoms with Crippen LogP contribution in [-0.2, 0) is 0 Å². The molecule has 1 heterocycles. The van der Waals surface area contributed by atoms with Gasteiger partial charge in [-0.2, -0.15) is 0 Å². The van der Waals surface area contributed by atoms with Crippen LogP contribution < -0.4 is 5.32 Å². The minimum atomic E-state index is -2.74. The first-order valence-corrected chi connectivity index (χ1v) is 5.49. The number of nitrogens with one attached hydrogen (secondary N) is 1. The quantitative estimate of drug-likeness (QED) is 0.817. The van der Waals surface area contributed by atoms with E-state index in [4.69, 9.17) is 0 Å². The second kappa shape index (κ2) is 4.87. The van der Waals surface area contributed by atoms with Gasteiger partial charge in [0.1, 0.15) is 5.82 Å². The highest BCUT2D eigenvalue weighted by Gasteiger charge is 2.18. The van der Waals surface area contributed by atoms with Crippen LogP contribution in [0.5, 0.6) is 0 Å². The van der Waals surface area contributed by atoms with E-state index >= 15 is 0 Å². The lowest BCUT2D eigenvalue weighted by Crippen LogP contribution is -2.26. The maximum Gasteiger partial charge on any atom is 0.266 e. The first-order chi connectivity index (χ1) is 7.68. The van der Waals surface area contributed by atoms with Gasteiger partial charge in [-0.05, 0) is 31.0 Å². The Morgan fingerprint density at radius 1 is 1.25 bits per heavy atom. The minimum absolute atomic E-state index is 0.106. The van der Waals surface area contributed by atoms with Gasteiger partial charge in [0, 0.05) is 6.04 Å². The van der Waals surface area contributed by atoms with Crippen LogP contribution in [0.25, 0.3) is 0 Å². The molecule has 0 radical (unpaired) electrons. The van der Waals surface area contributed by atoms with Crippen LogP contribution in [0.4, 0.5) is 13.2 Å². The van der Waals surface area contributed by atoms with Crippen molar-refractivity contribution < 1.29 is 13.2 Å². The summed E-state index contributed by atoms with van der Waals surface area (Å²) in [5, 5.41) is 3.26. The van der Waals surface area contributed by atoms with Crippen LogP contribution in [0, 0.1) is 5.82 Å². The zero-order valence-corrected chi connectivity index (χ0v) is 8.85. The van der Waals surface area contributed by atoms with Gasteiger partial charge in [0.2, 0.25) is 0 Å². The van der Waals surface area contributed by atoms with Crippen molar-refractivity contribution >= 4 is 0 Å². The van der Waals surface area contributed by atoms with E-state index in [1.807, 2.05) is 0 Å². The van der Waals surface area contributed by atoms with Gasteiger partial charge in [-0.25, -0.2) is 13.2 Å².